The molecular weight excluding hydrogens is 254 g/mol. The molecule has 1 N–H and O–H groups in total. The number of methoxy groups -OCH3 is 1. The third-order valence-electron chi connectivity index (χ3n) is 3.46. The maximum Gasteiger partial charge on any atom is 0.227 e. The van der Waals surface area contributed by atoms with Crippen LogP contribution in [0.25, 0.3) is 0 Å². The highest BCUT2D eigenvalue weighted by Crippen LogP contribution is 2.15. The summed E-state index contributed by atoms with van der Waals surface area (Å²) in [5.41, 5.74) is 1.00. The summed E-state index contributed by atoms with van der Waals surface area (Å²) < 4.78 is 5.05. The van der Waals surface area contributed by atoms with Crippen molar-refractivity contribution in [3.63, 3.8) is 0 Å². The highest BCUT2D eigenvalue weighted by Gasteiger charge is 2.17. The number of rotatable bonds is 6. The van der Waals surface area contributed by atoms with Crippen molar-refractivity contribution in [2.75, 3.05) is 63.7 Å². The average molecular weight is 279 g/mol. The lowest BCUT2D eigenvalue weighted by atomic mass is 10.3. The van der Waals surface area contributed by atoms with Gasteiger partial charge in [0.2, 0.25) is 5.95 Å². The van der Waals surface area contributed by atoms with Gasteiger partial charge in [-0.1, -0.05) is 0 Å². The van der Waals surface area contributed by atoms with Crippen molar-refractivity contribution in [1.29, 1.82) is 0 Å². The first-order valence-corrected chi connectivity index (χ1v) is 7.21. The van der Waals surface area contributed by atoms with Gasteiger partial charge in [0.05, 0.1) is 0 Å². The summed E-state index contributed by atoms with van der Waals surface area (Å²) in [5, 5.41) is 3.34. The van der Waals surface area contributed by atoms with Crippen LogP contribution in [0.3, 0.4) is 0 Å². The molecule has 1 aliphatic heterocycles. The van der Waals surface area contributed by atoms with Crippen LogP contribution in [0, 0.1) is 6.92 Å². The lowest BCUT2D eigenvalue weighted by Gasteiger charge is -2.32. The van der Waals surface area contributed by atoms with E-state index in [9.17, 15) is 0 Å². The first kappa shape index (κ1) is 15.0. The highest BCUT2D eigenvalue weighted by molar-refractivity contribution is 5.43. The van der Waals surface area contributed by atoms with Gasteiger partial charge in [0.15, 0.2) is 0 Å². The standard InChI is InChI=1S/C14H25N5O/c1-12-11-13(15-5-4-10-20-3)17-14(16-12)19-8-6-18(2)7-9-19/h11H,4-10H2,1-3H3,(H,15,16,17). The van der Waals surface area contributed by atoms with Gasteiger partial charge in [-0.3, -0.25) is 0 Å². The zero-order valence-corrected chi connectivity index (χ0v) is 12.7. The Morgan fingerprint density at radius 2 is 2.00 bits per heavy atom. The number of aromatic nitrogens is 2. The Morgan fingerprint density at radius 1 is 1.25 bits per heavy atom. The van der Waals surface area contributed by atoms with Crippen LogP contribution in [-0.4, -0.2) is 68.4 Å². The third-order valence-corrected chi connectivity index (χ3v) is 3.46. The molecule has 1 aromatic rings. The fraction of sp³-hybridized carbons (Fsp3) is 0.714. The zero-order valence-electron chi connectivity index (χ0n) is 12.7. The second-order valence-electron chi connectivity index (χ2n) is 5.26. The van der Waals surface area contributed by atoms with Crippen molar-refractivity contribution in [1.82, 2.24) is 14.9 Å². The fourth-order valence-corrected chi connectivity index (χ4v) is 2.22. The summed E-state index contributed by atoms with van der Waals surface area (Å²) >= 11 is 0. The van der Waals surface area contributed by atoms with E-state index in [4.69, 9.17) is 4.74 Å². The molecule has 0 saturated carbocycles. The van der Waals surface area contributed by atoms with Crippen molar-refractivity contribution < 1.29 is 4.74 Å². The van der Waals surface area contributed by atoms with Crippen molar-refractivity contribution in [2.45, 2.75) is 13.3 Å². The molecule has 0 amide bonds. The van der Waals surface area contributed by atoms with Crippen LogP contribution < -0.4 is 10.2 Å². The van der Waals surface area contributed by atoms with Gasteiger partial charge in [-0.15, -0.1) is 0 Å². The number of aryl methyl sites for hydroxylation is 1. The Balaban J connectivity index is 1.97. The minimum atomic E-state index is 0.766. The summed E-state index contributed by atoms with van der Waals surface area (Å²) in [4.78, 5) is 13.8. The number of anilines is 2. The Labute approximate surface area is 121 Å². The molecule has 1 aromatic heterocycles. The Bertz CT molecular complexity index is 418. The summed E-state index contributed by atoms with van der Waals surface area (Å²) in [6.45, 7) is 7.75. The Kier molecular flexibility index (Phi) is 5.55. The average Bonchev–Trinajstić information content (AvgIpc) is 2.44. The summed E-state index contributed by atoms with van der Waals surface area (Å²) in [5.74, 6) is 1.75. The number of hydrogen-bond acceptors (Lipinski definition) is 6. The molecule has 0 radical (unpaired) electrons. The van der Waals surface area contributed by atoms with Gasteiger partial charge in [-0.2, -0.15) is 4.98 Å². The third kappa shape index (κ3) is 4.31. The van der Waals surface area contributed by atoms with E-state index in [1.165, 1.54) is 0 Å². The number of ether oxygens (including phenoxy) is 1. The summed E-state index contributed by atoms with van der Waals surface area (Å²) in [7, 11) is 3.87. The maximum absolute atomic E-state index is 5.05. The van der Waals surface area contributed by atoms with E-state index in [0.29, 0.717) is 0 Å². The zero-order chi connectivity index (χ0) is 14.4. The van der Waals surface area contributed by atoms with E-state index < -0.39 is 0 Å². The fourth-order valence-electron chi connectivity index (χ4n) is 2.22. The number of likely N-dealkylation sites (N-methyl/N-ethyl adjacent to an activating group) is 1. The van der Waals surface area contributed by atoms with Gasteiger partial charge in [0, 0.05) is 58.2 Å². The van der Waals surface area contributed by atoms with Crippen LogP contribution in [0.5, 0.6) is 0 Å². The molecule has 0 spiro atoms. The molecule has 2 heterocycles. The van der Waals surface area contributed by atoms with Gasteiger partial charge < -0.3 is 19.9 Å². The molecule has 6 heteroatoms. The van der Waals surface area contributed by atoms with E-state index in [0.717, 1.165) is 63.2 Å². The van der Waals surface area contributed by atoms with Crippen LogP contribution in [-0.2, 0) is 4.74 Å². The largest absolute Gasteiger partial charge is 0.385 e. The molecular formula is C14H25N5O. The topological polar surface area (TPSA) is 53.5 Å². The monoisotopic (exact) mass is 279 g/mol. The first-order chi connectivity index (χ1) is 9.69. The van der Waals surface area contributed by atoms with Gasteiger partial charge in [-0.25, -0.2) is 4.98 Å². The normalized spacial score (nSPS) is 16.4. The van der Waals surface area contributed by atoms with Gasteiger partial charge in [-0.05, 0) is 20.4 Å². The molecule has 0 aromatic carbocycles. The second kappa shape index (κ2) is 7.40. The van der Waals surface area contributed by atoms with Crippen molar-refractivity contribution in [3.8, 4) is 0 Å². The quantitative estimate of drug-likeness (QED) is 0.784. The van der Waals surface area contributed by atoms with Gasteiger partial charge in [0.25, 0.3) is 0 Å². The second-order valence-corrected chi connectivity index (χ2v) is 5.26. The number of hydrogen-bond donors (Lipinski definition) is 1. The minimum absolute atomic E-state index is 0.766. The van der Waals surface area contributed by atoms with Crippen molar-refractivity contribution in [3.05, 3.63) is 11.8 Å². The predicted octanol–water partition coefficient (Wildman–Crippen LogP) is 0.985. The number of piperazine rings is 1. The number of nitrogens with zero attached hydrogens (tertiary/aromatic N) is 4. The Morgan fingerprint density at radius 3 is 2.70 bits per heavy atom. The van der Waals surface area contributed by atoms with Gasteiger partial charge >= 0.3 is 0 Å². The van der Waals surface area contributed by atoms with E-state index in [1.807, 2.05) is 13.0 Å². The van der Waals surface area contributed by atoms with Crippen molar-refractivity contribution in [2.24, 2.45) is 0 Å². The molecule has 6 nitrogen and oxygen atoms in total. The summed E-state index contributed by atoms with van der Waals surface area (Å²) in [6.07, 6.45) is 0.976. The molecule has 2 rings (SSSR count). The van der Waals surface area contributed by atoms with Crippen LogP contribution in [0.1, 0.15) is 12.1 Å². The molecule has 0 atom stereocenters. The SMILES string of the molecule is COCCCNc1cc(C)nc(N2CCN(C)CC2)n1. The first-order valence-electron chi connectivity index (χ1n) is 7.21. The molecule has 1 fully saturated rings. The predicted molar refractivity (Wildman–Crippen MR) is 81.5 cm³/mol. The maximum atomic E-state index is 5.05. The molecule has 1 aliphatic rings. The Hall–Kier alpha value is -1.40. The van der Waals surface area contributed by atoms with Crippen LogP contribution in [0.2, 0.25) is 0 Å². The van der Waals surface area contributed by atoms with E-state index in [1.54, 1.807) is 7.11 Å². The van der Waals surface area contributed by atoms with Crippen LogP contribution >= 0.6 is 0 Å². The molecule has 20 heavy (non-hydrogen) atoms. The molecule has 0 bridgehead atoms. The smallest absolute Gasteiger partial charge is 0.227 e. The number of nitrogens with one attached hydrogen (secondary N) is 1. The molecule has 0 aliphatic carbocycles. The highest BCUT2D eigenvalue weighted by atomic mass is 16.5. The summed E-state index contributed by atoms with van der Waals surface area (Å²) in [6, 6.07) is 1.99. The minimum Gasteiger partial charge on any atom is -0.385 e. The van der Waals surface area contributed by atoms with Crippen molar-refractivity contribution >= 4 is 11.8 Å². The lowest BCUT2D eigenvalue weighted by molar-refractivity contribution is 0.198. The molecule has 112 valence electrons. The van der Waals surface area contributed by atoms with Gasteiger partial charge in [0.1, 0.15) is 5.82 Å². The van der Waals surface area contributed by atoms with E-state index in [-0.39, 0.29) is 0 Å². The molecule has 1 saturated heterocycles. The molecule has 0 unspecified atom stereocenters. The lowest BCUT2D eigenvalue weighted by Crippen LogP contribution is -2.45. The van der Waals surface area contributed by atoms with E-state index in [2.05, 4.69) is 32.1 Å². The van der Waals surface area contributed by atoms with E-state index >= 15 is 0 Å². The van der Waals surface area contributed by atoms with Crippen LogP contribution in [0.4, 0.5) is 11.8 Å². The van der Waals surface area contributed by atoms with Crippen LogP contribution in [0.15, 0.2) is 6.07 Å².